The summed E-state index contributed by atoms with van der Waals surface area (Å²) >= 11 is 0. The van der Waals surface area contributed by atoms with E-state index in [2.05, 4.69) is 0 Å². The number of carbonyl (C=O) groups excluding carboxylic acids is 3. The van der Waals surface area contributed by atoms with Crippen LogP contribution in [0.1, 0.15) is 19.4 Å². The number of ether oxygens (including phenoxy) is 2. The Morgan fingerprint density at radius 1 is 1.29 bits per heavy atom. The minimum absolute atomic E-state index is 0.0276. The maximum Gasteiger partial charge on any atom is 0.331 e. The molecule has 3 amide bonds. The molecular weight excluding hydrogens is 316 g/mol. The molecule has 24 heavy (non-hydrogen) atoms. The number of rotatable bonds is 6. The number of nitrogens with one attached hydrogen (secondary N) is 1. The summed E-state index contributed by atoms with van der Waals surface area (Å²) in [5, 5.41) is 11.4. The van der Waals surface area contributed by atoms with E-state index in [0.29, 0.717) is 5.56 Å². The normalized spacial score (nSPS) is 12.0. The minimum Gasteiger partial charge on any atom is -0.504 e. The van der Waals surface area contributed by atoms with E-state index < -0.39 is 24.0 Å². The Hall–Kier alpha value is -3.03. The van der Waals surface area contributed by atoms with Gasteiger partial charge in [-0.25, -0.2) is 9.59 Å². The molecule has 0 saturated carbocycles. The summed E-state index contributed by atoms with van der Waals surface area (Å²) < 4.78 is 10.0. The van der Waals surface area contributed by atoms with Crippen molar-refractivity contribution < 1.29 is 29.0 Å². The second-order valence-corrected chi connectivity index (χ2v) is 5.22. The molecule has 4 N–H and O–H groups in total. The van der Waals surface area contributed by atoms with Gasteiger partial charge in [0, 0.05) is 6.08 Å². The lowest BCUT2D eigenvalue weighted by atomic mass is 10.1. The Labute approximate surface area is 139 Å². The smallest absolute Gasteiger partial charge is 0.331 e. The molecule has 0 aliphatic rings. The highest BCUT2D eigenvalue weighted by Crippen LogP contribution is 2.26. The number of carbonyl (C=O) groups is 3. The monoisotopic (exact) mass is 336 g/mol. The molecule has 8 heteroatoms. The van der Waals surface area contributed by atoms with Crippen molar-refractivity contribution >= 4 is 24.0 Å². The van der Waals surface area contributed by atoms with Crippen molar-refractivity contribution in [2.24, 2.45) is 11.7 Å². The number of hydrogen-bond acceptors (Lipinski definition) is 6. The Morgan fingerprint density at radius 3 is 2.50 bits per heavy atom. The van der Waals surface area contributed by atoms with Crippen LogP contribution in [-0.4, -0.2) is 36.2 Å². The predicted octanol–water partition coefficient (Wildman–Crippen LogP) is 1.18. The second-order valence-electron chi connectivity index (χ2n) is 5.22. The summed E-state index contributed by atoms with van der Waals surface area (Å²) in [6.45, 7) is 3.32. The fourth-order valence-electron chi connectivity index (χ4n) is 1.81. The van der Waals surface area contributed by atoms with Gasteiger partial charge in [0.05, 0.1) is 7.11 Å². The van der Waals surface area contributed by atoms with E-state index in [0.717, 1.165) is 6.08 Å². The lowest BCUT2D eigenvalue weighted by Gasteiger charge is -2.18. The SMILES string of the molecule is COc1cc(/C=C/C(=O)O[C@@H](C(=O)NC(N)=O)C(C)C)ccc1O. The highest BCUT2D eigenvalue weighted by atomic mass is 16.5. The number of aromatic hydroxyl groups is 1. The molecule has 0 bridgehead atoms. The number of primary amides is 1. The molecule has 8 nitrogen and oxygen atoms in total. The van der Waals surface area contributed by atoms with Crippen LogP contribution >= 0.6 is 0 Å². The number of nitrogens with two attached hydrogens (primary N) is 1. The molecule has 0 saturated heterocycles. The van der Waals surface area contributed by atoms with Crippen LogP contribution in [0.2, 0.25) is 0 Å². The van der Waals surface area contributed by atoms with Crippen LogP contribution < -0.4 is 15.8 Å². The fraction of sp³-hybridized carbons (Fsp3) is 0.312. The standard InChI is InChI=1S/C16H20N2O6/c1-9(2)14(15(21)18-16(17)22)24-13(20)7-5-10-4-6-11(19)12(8-10)23-3/h4-9,14,19H,1-3H3,(H3,17,18,21,22)/b7-5+/t14-/m1/s1. The summed E-state index contributed by atoms with van der Waals surface area (Å²) in [6.07, 6.45) is 1.41. The molecule has 0 spiro atoms. The first-order chi connectivity index (χ1) is 11.2. The van der Waals surface area contributed by atoms with Gasteiger partial charge in [0.2, 0.25) is 0 Å². The summed E-state index contributed by atoms with van der Waals surface area (Å²) in [5.41, 5.74) is 5.47. The quantitative estimate of drug-likeness (QED) is 0.528. The van der Waals surface area contributed by atoms with Crippen LogP contribution in [0.5, 0.6) is 11.5 Å². The molecular formula is C16H20N2O6. The van der Waals surface area contributed by atoms with Crippen LogP contribution in [0.15, 0.2) is 24.3 Å². The van der Waals surface area contributed by atoms with Crippen molar-refractivity contribution in [3.05, 3.63) is 29.8 Å². The molecule has 0 unspecified atom stereocenters. The molecule has 0 heterocycles. The molecule has 1 atom stereocenters. The summed E-state index contributed by atoms with van der Waals surface area (Å²) in [4.78, 5) is 34.3. The maximum absolute atomic E-state index is 11.9. The predicted molar refractivity (Wildman–Crippen MR) is 86.1 cm³/mol. The van der Waals surface area contributed by atoms with Crippen molar-refractivity contribution in [2.75, 3.05) is 7.11 Å². The lowest BCUT2D eigenvalue weighted by molar-refractivity contribution is -0.153. The molecule has 130 valence electrons. The average molecular weight is 336 g/mol. The number of urea groups is 1. The Morgan fingerprint density at radius 2 is 1.96 bits per heavy atom. The van der Waals surface area contributed by atoms with Crippen LogP contribution in [0, 0.1) is 5.92 Å². The van der Waals surface area contributed by atoms with Crippen LogP contribution in [-0.2, 0) is 14.3 Å². The summed E-state index contributed by atoms with van der Waals surface area (Å²) in [6, 6.07) is 3.50. The van der Waals surface area contributed by atoms with Gasteiger partial charge < -0.3 is 20.3 Å². The van der Waals surface area contributed by atoms with Crippen LogP contribution in [0.4, 0.5) is 4.79 Å². The molecule has 0 fully saturated rings. The van der Waals surface area contributed by atoms with Crippen molar-refractivity contribution in [2.45, 2.75) is 20.0 Å². The third-order valence-electron chi connectivity index (χ3n) is 2.97. The Bertz CT molecular complexity index is 654. The third-order valence-corrected chi connectivity index (χ3v) is 2.97. The Balaban J connectivity index is 2.78. The van der Waals surface area contributed by atoms with E-state index in [9.17, 15) is 19.5 Å². The van der Waals surface area contributed by atoms with Crippen molar-refractivity contribution in [1.82, 2.24) is 5.32 Å². The van der Waals surface area contributed by atoms with Crippen molar-refractivity contribution in [3.63, 3.8) is 0 Å². The fourth-order valence-corrected chi connectivity index (χ4v) is 1.81. The first-order valence-corrected chi connectivity index (χ1v) is 7.10. The molecule has 0 aromatic heterocycles. The molecule has 1 rings (SSSR count). The van der Waals surface area contributed by atoms with Gasteiger partial charge in [0.1, 0.15) is 0 Å². The van der Waals surface area contributed by atoms with E-state index in [4.69, 9.17) is 15.2 Å². The number of phenolic OH excluding ortho intramolecular Hbond substituents is 1. The molecule has 1 aromatic carbocycles. The van der Waals surface area contributed by atoms with E-state index in [1.807, 2.05) is 5.32 Å². The lowest BCUT2D eigenvalue weighted by Crippen LogP contribution is -2.45. The second kappa shape index (κ2) is 8.56. The van der Waals surface area contributed by atoms with E-state index in [-0.39, 0.29) is 17.4 Å². The molecule has 0 radical (unpaired) electrons. The van der Waals surface area contributed by atoms with Crippen molar-refractivity contribution in [1.29, 1.82) is 0 Å². The highest BCUT2D eigenvalue weighted by molar-refractivity contribution is 5.97. The zero-order chi connectivity index (χ0) is 18.3. The van der Waals surface area contributed by atoms with Gasteiger partial charge in [-0.1, -0.05) is 19.9 Å². The number of benzene rings is 1. The summed E-state index contributed by atoms with van der Waals surface area (Å²) in [5.74, 6) is -1.67. The van der Waals surface area contributed by atoms with Gasteiger partial charge in [0.25, 0.3) is 5.91 Å². The largest absolute Gasteiger partial charge is 0.504 e. The zero-order valence-electron chi connectivity index (χ0n) is 13.6. The Kier molecular flexibility index (Phi) is 6.79. The number of amides is 3. The first-order valence-electron chi connectivity index (χ1n) is 7.10. The van der Waals surface area contributed by atoms with E-state index >= 15 is 0 Å². The number of hydrogen-bond donors (Lipinski definition) is 3. The van der Waals surface area contributed by atoms with Gasteiger partial charge in [-0.3, -0.25) is 10.1 Å². The van der Waals surface area contributed by atoms with Gasteiger partial charge in [0.15, 0.2) is 17.6 Å². The zero-order valence-corrected chi connectivity index (χ0v) is 13.6. The molecule has 0 aliphatic carbocycles. The first kappa shape index (κ1) is 19.0. The van der Waals surface area contributed by atoms with Crippen LogP contribution in [0.3, 0.4) is 0 Å². The summed E-state index contributed by atoms with van der Waals surface area (Å²) in [7, 11) is 1.40. The molecule has 1 aromatic rings. The van der Waals surface area contributed by atoms with Gasteiger partial charge in [-0.05, 0) is 29.7 Å². The minimum atomic E-state index is -1.15. The van der Waals surface area contributed by atoms with Crippen molar-refractivity contribution in [3.8, 4) is 11.5 Å². The number of phenols is 1. The maximum atomic E-state index is 11.9. The van der Waals surface area contributed by atoms with Gasteiger partial charge in [-0.2, -0.15) is 0 Å². The third kappa shape index (κ3) is 5.64. The number of esters is 1. The molecule has 0 aliphatic heterocycles. The van der Waals surface area contributed by atoms with Gasteiger partial charge in [-0.15, -0.1) is 0 Å². The van der Waals surface area contributed by atoms with Gasteiger partial charge >= 0.3 is 12.0 Å². The van der Waals surface area contributed by atoms with Crippen LogP contribution in [0.25, 0.3) is 6.08 Å². The number of imide groups is 1. The van der Waals surface area contributed by atoms with E-state index in [1.165, 1.54) is 25.3 Å². The topological polar surface area (TPSA) is 128 Å². The van der Waals surface area contributed by atoms with E-state index in [1.54, 1.807) is 19.9 Å². The average Bonchev–Trinajstić information content (AvgIpc) is 2.50. The highest BCUT2D eigenvalue weighted by Gasteiger charge is 2.26. The number of methoxy groups -OCH3 is 1.